The molecule has 16 heavy (non-hydrogen) atoms. The molecule has 87 valence electrons. The molecule has 1 aliphatic rings. The maximum Gasteiger partial charge on any atom is 0.405 e. The fourth-order valence-corrected chi connectivity index (χ4v) is 1.27. The topological polar surface area (TPSA) is 81.7 Å². The summed E-state index contributed by atoms with van der Waals surface area (Å²) in [4.78, 5) is 27.2. The third kappa shape index (κ3) is 3.72. The highest BCUT2D eigenvalue weighted by atomic mass is 16.4. The first-order valence-electron chi connectivity index (χ1n) is 4.98. The number of carbonyl (C=O) groups is 2. The van der Waals surface area contributed by atoms with Gasteiger partial charge in [0.05, 0.1) is 13.1 Å². The second-order valence-electron chi connectivity index (χ2n) is 3.77. The minimum atomic E-state index is -1.34. The Labute approximate surface area is 93.7 Å². The van der Waals surface area contributed by atoms with E-state index in [0.717, 1.165) is 0 Å². The van der Waals surface area contributed by atoms with Gasteiger partial charge in [-0.25, -0.2) is 9.90 Å². The van der Waals surface area contributed by atoms with Crippen LogP contribution in [0.25, 0.3) is 0 Å². The molecule has 6 nitrogen and oxygen atoms in total. The zero-order valence-electron chi connectivity index (χ0n) is 9.27. The third-order valence-corrected chi connectivity index (χ3v) is 1.86. The van der Waals surface area contributed by atoms with Crippen molar-refractivity contribution in [3.63, 3.8) is 0 Å². The Bertz CT molecular complexity index is 347. The lowest BCUT2D eigenvalue weighted by atomic mass is 10.3. The van der Waals surface area contributed by atoms with E-state index in [-0.39, 0.29) is 24.2 Å². The van der Waals surface area contributed by atoms with Crippen molar-refractivity contribution >= 4 is 18.1 Å². The Kier molecular flexibility index (Phi) is 4.04. The fraction of sp³-hybridized carbons (Fsp3) is 0.500. The van der Waals surface area contributed by atoms with Gasteiger partial charge in [0, 0.05) is 18.5 Å². The van der Waals surface area contributed by atoms with Crippen molar-refractivity contribution in [1.29, 1.82) is 0 Å². The van der Waals surface area contributed by atoms with E-state index in [2.05, 4.69) is 10.3 Å². The molecule has 0 aromatic heterocycles. The van der Waals surface area contributed by atoms with Crippen molar-refractivity contribution in [2.24, 2.45) is 4.99 Å². The Morgan fingerprint density at radius 2 is 2.25 bits per heavy atom. The van der Waals surface area contributed by atoms with E-state index >= 15 is 0 Å². The summed E-state index contributed by atoms with van der Waals surface area (Å²) >= 11 is 0. The third-order valence-electron chi connectivity index (χ3n) is 1.86. The quantitative estimate of drug-likeness (QED) is 0.711. The first-order valence-corrected chi connectivity index (χ1v) is 4.98. The molecule has 0 saturated heterocycles. The van der Waals surface area contributed by atoms with Gasteiger partial charge >= 0.3 is 5.97 Å². The zero-order chi connectivity index (χ0) is 12.1. The van der Waals surface area contributed by atoms with Crippen LogP contribution in [0.15, 0.2) is 16.9 Å². The molecular formula is C10H14N3O3. The normalized spacial score (nSPS) is 14.9. The van der Waals surface area contributed by atoms with Crippen LogP contribution in [0.2, 0.25) is 0 Å². The van der Waals surface area contributed by atoms with E-state index in [9.17, 15) is 14.7 Å². The predicted octanol–water partition coefficient (Wildman–Crippen LogP) is -0.304. The fourth-order valence-electron chi connectivity index (χ4n) is 1.27. The molecule has 1 heterocycles. The summed E-state index contributed by atoms with van der Waals surface area (Å²) in [5.41, 5.74) is -0.163. The molecule has 1 N–H and O–H groups in total. The Morgan fingerprint density at radius 1 is 1.56 bits per heavy atom. The lowest BCUT2D eigenvalue weighted by Gasteiger charge is -2.21. The standard InChI is InChI=1S/C10H14N3O3/c1-7(2)12-9(14)6-13-4-3-11-8(5-13)10(15)16/h3,5,7H,4,6H2,1-2H3,(H,12,14). The summed E-state index contributed by atoms with van der Waals surface area (Å²) in [7, 11) is 0. The molecule has 0 atom stereocenters. The molecule has 1 amide bonds. The average molecular weight is 224 g/mol. The summed E-state index contributed by atoms with van der Waals surface area (Å²) in [5, 5.41) is 13.3. The number of nitrogens with one attached hydrogen (secondary N) is 1. The highest BCUT2D eigenvalue weighted by Gasteiger charge is 2.15. The maximum atomic E-state index is 11.4. The first-order chi connectivity index (χ1) is 7.49. The number of hydrogen-bond acceptors (Lipinski definition) is 4. The molecule has 1 aliphatic heterocycles. The van der Waals surface area contributed by atoms with Crippen LogP contribution < -0.4 is 5.32 Å². The van der Waals surface area contributed by atoms with Crippen molar-refractivity contribution in [3.8, 4) is 0 Å². The molecule has 0 fully saturated rings. The molecular weight excluding hydrogens is 210 g/mol. The largest absolute Gasteiger partial charge is 0.405 e. The van der Waals surface area contributed by atoms with Gasteiger partial charge in [-0.1, -0.05) is 0 Å². The van der Waals surface area contributed by atoms with Crippen molar-refractivity contribution in [3.05, 3.63) is 11.9 Å². The van der Waals surface area contributed by atoms with Crippen LogP contribution in [0.3, 0.4) is 0 Å². The zero-order valence-corrected chi connectivity index (χ0v) is 9.27. The maximum absolute atomic E-state index is 11.4. The van der Waals surface area contributed by atoms with Gasteiger partial charge in [0.2, 0.25) is 5.91 Å². The van der Waals surface area contributed by atoms with Crippen LogP contribution in [-0.2, 0) is 14.7 Å². The average Bonchev–Trinajstić information content (AvgIpc) is 2.16. The van der Waals surface area contributed by atoms with Crippen LogP contribution in [0.5, 0.6) is 0 Å². The first kappa shape index (κ1) is 12.2. The minimum absolute atomic E-state index is 0.0653. The van der Waals surface area contributed by atoms with Gasteiger partial charge < -0.3 is 10.2 Å². The summed E-state index contributed by atoms with van der Waals surface area (Å²) in [6, 6.07) is 0.0653. The molecule has 0 bridgehead atoms. The number of aliphatic imine (C=N–C) groups is 1. The summed E-state index contributed by atoms with van der Waals surface area (Å²) < 4.78 is 0. The molecule has 0 spiro atoms. The number of carbonyl (C=O) groups excluding carboxylic acids is 2. The van der Waals surface area contributed by atoms with Gasteiger partial charge in [0.25, 0.3) is 0 Å². The molecule has 0 aromatic carbocycles. The minimum Gasteiger partial charge on any atom is -0.361 e. The van der Waals surface area contributed by atoms with E-state index in [0.29, 0.717) is 6.54 Å². The molecule has 0 aromatic rings. The lowest BCUT2D eigenvalue weighted by molar-refractivity contribution is -0.138. The van der Waals surface area contributed by atoms with E-state index in [1.165, 1.54) is 12.4 Å². The van der Waals surface area contributed by atoms with Gasteiger partial charge in [0.1, 0.15) is 0 Å². The van der Waals surface area contributed by atoms with Gasteiger partial charge in [-0.3, -0.25) is 9.79 Å². The lowest BCUT2D eigenvalue weighted by Crippen LogP contribution is -2.39. The number of rotatable bonds is 4. The van der Waals surface area contributed by atoms with Crippen molar-refractivity contribution < 1.29 is 14.7 Å². The second-order valence-corrected chi connectivity index (χ2v) is 3.77. The Morgan fingerprint density at radius 3 is 2.81 bits per heavy atom. The van der Waals surface area contributed by atoms with Crippen molar-refractivity contribution in [1.82, 2.24) is 10.2 Å². The van der Waals surface area contributed by atoms with E-state index in [1.807, 2.05) is 13.8 Å². The van der Waals surface area contributed by atoms with Crippen LogP contribution in [0.4, 0.5) is 0 Å². The Hall–Kier alpha value is -1.85. The molecule has 0 unspecified atom stereocenters. The van der Waals surface area contributed by atoms with Crippen LogP contribution in [0.1, 0.15) is 13.8 Å². The highest BCUT2D eigenvalue weighted by Crippen LogP contribution is 2.04. The summed E-state index contributed by atoms with van der Waals surface area (Å²) in [6.07, 6.45) is 2.75. The highest BCUT2D eigenvalue weighted by molar-refractivity contribution is 5.89. The Balaban J connectivity index is 2.53. The molecule has 0 aliphatic carbocycles. The van der Waals surface area contributed by atoms with Gasteiger partial charge in [0.15, 0.2) is 5.70 Å². The summed E-state index contributed by atoms with van der Waals surface area (Å²) in [6.45, 7) is 4.25. The monoisotopic (exact) mass is 224 g/mol. The second kappa shape index (κ2) is 5.29. The molecule has 0 saturated carbocycles. The summed E-state index contributed by atoms with van der Waals surface area (Å²) in [5.74, 6) is -1.50. The van der Waals surface area contributed by atoms with Crippen LogP contribution in [-0.4, -0.2) is 42.1 Å². The molecule has 1 rings (SSSR count). The number of amides is 1. The van der Waals surface area contributed by atoms with E-state index < -0.39 is 5.97 Å². The van der Waals surface area contributed by atoms with Crippen molar-refractivity contribution in [2.75, 3.05) is 13.1 Å². The SMILES string of the molecule is CC(C)NC(=O)CN1C=C(C([O])=O)N=CC1. The smallest absolute Gasteiger partial charge is 0.361 e. The molecule has 6 heteroatoms. The van der Waals surface area contributed by atoms with Crippen molar-refractivity contribution in [2.45, 2.75) is 19.9 Å². The van der Waals surface area contributed by atoms with E-state index in [4.69, 9.17) is 0 Å². The van der Waals surface area contributed by atoms with Gasteiger partial charge in [-0.2, -0.15) is 0 Å². The van der Waals surface area contributed by atoms with Crippen LogP contribution >= 0.6 is 0 Å². The predicted molar refractivity (Wildman–Crippen MR) is 57.1 cm³/mol. The van der Waals surface area contributed by atoms with Gasteiger partial charge in [-0.15, -0.1) is 0 Å². The van der Waals surface area contributed by atoms with Gasteiger partial charge in [-0.05, 0) is 13.8 Å². The van der Waals surface area contributed by atoms with E-state index in [1.54, 1.807) is 4.90 Å². The number of nitrogens with zero attached hydrogens (tertiary/aromatic N) is 2. The number of hydrogen-bond donors (Lipinski definition) is 1. The van der Waals surface area contributed by atoms with Crippen LogP contribution in [0, 0.1) is 0 Å². The molecule has 1 radical (unpaired) electrons.